The number of hydrogen-bond donors (Lipinski definition) is 1. The van der Waals surface area contributed by atoms with Crippen molar-refractivity contribution in [3.63, 3.8) is 0 Å². The van der Waals surface area contributed by atoms with Gasteiger partial charge in [-0.2, -0.15) is 0 Å². The second kappa shape index (κ2) is 5.27. The fourth-order valence-corrected chi connectivity index (χ4v) is 4.40. The van der Waals surface area contributed by atoms with E-state index in [0.717, 1.165) is 45.4 Å². The summed E-state index contributed by atoms with van der Waals surface area (Å²) in [7, 11) is 0. The molecule has 21 heavy (non-hydrogen) atoms. The molecule has 118 valence electrons. The number of hydrogen-bond acceptors (Lipinski definition) is 3. The molecular formula is C16H25NO4. The Kier molecular flexibility index (Phi) is 3.72. The summed E-state index contributed by atoms with van der Waals surface area (Å²) in [5.74, 6) is -1.09. The molecule has 5 heteroatoms. The van der Waals surface area contributed by atoms with Gasteiger partial charge in [0.05, 0.1) is 11.8 Å². The van der Waals surface area contributed by atoms with Crippen molar-refractivity contribution >= 4 is 11.9 Å². The fraction of sp³-hybridized carbons (Fsp3) is 0.875. The van der Waals surface area contributed by atoms with Gasteiger partial charge in [-0.15, -0.1) is 0 Å². The van der Waals surface area contributed by atoms with Gasteiger partial charge in [-0.25, -0.2) is 0 Å². The summed E-state index contributed by atoms with van der Waals surface area (Å²) >= 11 is 0. The number of nitrogens with zero attached hydrogens (tertiary/aromatic N) is 1. The molecule has 0 aromatic heterocycles. The van der Waals surface area contributed by atoms with Crippen LogP contribution in [0.5, 0.6) is 0 Å². The van der Waals surface area contributed by atoms with Crippen molar-refractivity contribution < 1.29 is 19.4 Å². The molecule has 1 unspecified atom stereocenters. The Morgan fingerprint density at radius 2 is 1.81 bits per heavy atom. The number of carbonyl (C=O) groups is 2. The highest BCUT2D eigenvalue weighted by molar-refractivity contribution is 5.92. The quantitative estimate of drug-likeness (QED) is 0.861. The van der Waals surface area contributed by atoms with Crippen LogP contribution in [0.25, 0.3) is 0 Å². The van der Waals surface area contributed by atoms with Crippen molar-refractivity contribution in [2.24, 2.45) is 23.2 Å². The Labute approximate surface area is 125 Å². The van der Waals surface area contributed by atoms with Crippen molar-refractivity contribution in [2.75, 3.05) is 19.8 Å². The predicted octanol–water partition coefficient (Wildman–Crippen LogP) is 1.76. The van der Waals surface area contributed by atoms with Crippen molar-refractivity contribution in [1.82, 2.24) is 4.90 Å². The number of aliphatic carboxylic acids is 1. The Morgan fingerprint density at radius 1 is 1.14 bits per heavy atom. The third-order valence-electron chi connectivity index (χ3n) is 5.75. The Balaban J connectivity index is 1.70. The minimum absolute atomic E-state index is 0.0707. The second-order valence-corrected chi connectivity index (χ2v) is 7.31. The standard InChI is InChI=1S/C16H25NO4/c1-16(2)12(13(16)15(19)20)14(18)17-7-3-4-11(17)10-5-8-21-9-6-10/h10-13H,3-9H2,1-2H3,(H,19,20)/t11?,12-,13+/m1/s1. The van der Waals surface area contributed by atoms with Gasteiger partial charge in [0.1, 0.15) is 0 Å². The van der Waals surface area contributed by atoms with Crippen molar-refractivity contribution in [1.29, 1.82) is 0 Å². The van der Waals surface area contributed by atoms with Crippen LogP contribution in [0.15, 0.2) is 0 Å². The largest absolute Gasteiger partial charge is 0.481 e. The second-order valence-electron chi connectivity index (χ2n) is 7.31. The van der Waals surface area contributed by atoms with Crippen LogP contribution in [-0.4, -0.2) is 47.7 Å². The fourth-order valence-electron chi connectivity index (χ4n) is 4.40. The molecule has 5 nitrogen and oxygen atoms in total. The summed E-state index contributed by atoms with van der Waals surface area (Å²) in [5.41, 5.74) is -0.397. The summed E-state index contributed by atoms with van der Waals surface area (Å²) < 4.78 is 5.42. The lowest BCUT2D eigenvalue weighted by Crippen LogP contribution is -2.43. The van der Waals surface area contributed by atoms with Crippen LogP contribution in [0.2, 0.25) is 0 Å². The summed E-state index contributed by atoms with van der Waals surface area (Å²) in [6, 6.07) is 0.298. The van der Waals surface area contributed by atoms with E-state index in [9.17, 15) is 14.7 Å². The van der Waals surface area contributed by atoms with E-state index in [2.05, 4.69) is 0 Å². The van der Waals surface area contributed by atoms with Gasteiger partial charge < -0.3 is 14.7 Å². The lowest BCUT2D eigenvalue weighted by molar-refractivity contribution is -0.142. The van der Waals surface area contributed by atoms with E-state index < -0.39 is 17.3 Å². The Bertz CT molecular complexity index is 442. The predicted molar refractivity (Wildman–Crippen MR) is 76.7 cm³/mol. The molecule has 1 N–H and O–H groups in total. The molecular weight excluding hydrogens is 270 g/mol. The number of carbonyl (C=O) groups excluding carboxylic acids is 1. The maximum absolute atomic E-state index is 12.8. The van der Waals surface area contributed by atoms with Gasteiger partial charge >= 0.3 is 5.97 Å². The zero-order valence-electron chi connectivity index (χ0n) is 12.9. The van der Waals surface area contributed by atoms with Gasteiger partial charge in [-0.05, 0) is 37.0 Å². The molecule has 3 aliphatic rings. The molecule has 2 heterocycles. The highest BCUT2D eigenvalue weighted by Crippen LogP contribution is 2.59. The molecule has 3 rings (SSSR count). The van der Waals surface area contributed by atoms with Gasteiger partial charge in [0.25, 0.3) is 0 Å². The first-order valence-electron chi connectivity index (χ1n) is 8.05. The average Bonchev–Trinajstić information content (AvgIpc) is 2.84. The van der Waals surface area contributed by atoms with Crippen LogP contribution < -0.4 is 0 Å². The van der Waals surface area contributed by atoms with E-state index in [-0.39, 0.29) is 11.8 Å². The summed E-state index contributed by atoms with van der Waals surface area (Å²) in [6.07, 6.45) is 4.13. The van der Waals surface area contributed by atoms with Crippen molar-refractivity contribution in [3.8, 4) is 0 Å². The first-order chi connectivity index (χ1) is 9.94. The maximum Gasteiger partial charge on any atom is 0.307 e. The van der Waals surface area contributed by atoms with Crippen molar-refractivity contribution in [3.05, 3.63) is 0 Å². The molecule has 1 amide bonds. The monoisotopic (exact) mass is 295 g/mol. The van der Waals surface area contributed by atoms with Crippen LogP contribution in [0.4, 0.5) is 0 Å². The van der Waals surface area contributed by atoms with Crippen molar-refractivity contribution in [2.45, 2.75) is 45.6 Å². The number of carboxylic acid groups (broad SMARTS) is 1. The molecule has 2 aliphatic heterocycles. The molecule has 3 atom stereocenters. The molecule has 0 bridgehead atoms. The lowest BCUT2D eigenvalue weighted by Gasteiger charge is -2.34. The number of likely N-dealkylation sites (tertiary alicyclic amines) is 1. The molecule has 0 radical (unpaired) electrons. The minimum Gasteiger partial charge on any atom is -0.481 e. The number of carboxylic acids is 1. The highest BCUT2D eigenvalue weighted by atomic mass is 16.5. The van der Waals surface area contributed by atoms with Crippen LogP contribution in [0.3, 0.4) is 0 Å². The van der Waals surface area contributed by atoms with Gasteiger partial charge in [-0.3, -0.25) is 9.59 Å². The number of rotatable bonds is 3. The van der Waals surface area contributed by atoms with Gasteiger partial charge in [-0.1, -0.05) is 13.8 Å². The molecule has 0 aromatic carbocycles. The van der Waals surface area contributed by atoms with E-state index in [1.807, 2.05) is 18.7 Å². The summed E-state index contributed by atoms with van der Waals surface area (Å²) in [6.45, 7) is 6.16. The normalized spacial score (nSPS) is 35.7. The third-order valence-corrected chi connectivity index (χ3v) is 5.75. The SMILES string of the molecule is CC1(C)[C@H](C(=O)O)[C@@H]1C(=O)N1CCCC1C1CCOCC1. The average molecular weight is 295 g/mol. The smallest absolute Gasteiger partial charge is 0.307 e. The lowest BCUT2D eigenvalue weighted by atomic mass is 9.90. The topological polar surface area (TPSA) is 66.8 Å². The molecule has 3 fully saturated rings. The van der Waals surface area contributed by atoms with Gasteiger partial charge in [0.2, 0.25) is 5.91 Å². The van der Waals surface area contributed by atoms with E-state index in [4.69, 9.17) is 4.74 Å². The number of amides is 1. The van der Waals surface area contributed by atoms with Crippen LogP contribution in [0, 0.1) is 23.2 Å². The van der Waals surface area contributed by atoms with Crippen LogP contribution >= 0.6 is 0 Å². The molecule has 0 aromatic rings. The molecule has 1 saturated carbocycles. The zero-order chi connectivity index (χ0) is 15.2. The van der Waals surface area contributed by atoms with Crippen LogP contribution in [-0.2, 0) is 14.3 Å². The Hall–Kier alpha value is -1.10. The number of ether oxygens (including phenoxy) is 1. The van der Waals surface area contributed by atoms with Gasteiger partial charge in [0.15, 0.2) is 0 Å². The summed E-state index contributed by atoms with van der Waals surface area (Å²) in [4.78, 5) is 26.1. The van der Waals surface area contributed by atoms with Crippen LogP contribution in [0.1, 0.15) is 39.5 Å². The van der Waals surface area contributed by atoms with E-state index in [1.54, 1.807) is 0 Å². The Morgan fingerprint density at radius 3 is 2.38 bits per heavy atom. The summed E-state index contributed by atoms with van der Waals surface area (Å²) in [5, 5.41) is 9.28. The molecule has 1 aliphatic carbocycles. The van der Waals surface area contributed by atoms with E-state index in [0.29, 0.717) is 12.0 Å². The maximum atomic E-state index is 12.8. The molecule has 2 saturated heterocycles. The highest BCUT2D eigenvalue weighted by Gasteiger charge is 2.67. The van der Waals surface area contributed by atoms with Gasteiger partial charge in [0, 0.05) is 25.8 Å². The van der Waals surface area contributed by atoms with E-state index in [1.165, 1.54) is 0 Å². The minimum atomic E-state index is -0.833. The zero-order valence-corrected chi connectivity index (χ0v) is 12.9. The molecule has 0 spiro atoms. The van der Waals surface area contributed by atoms with E-state index >= 15 is 0 Å². The third kappa shape index (κ3) is 2.45. The first-order valence-corrected chi connectivity index (χ1v) is 8.05. The first kappa shape index (κ1) is 14.8.